The summed E-state index contributed by atoms with van der Waals surface area (Å²) < 4.78 is 26.0. The molecule has 5 nitrogen and oxygen atoms in total. The zero-order valence-corrected chi connectivity index (χ0v) is 12.7. The van der Waals surface area contributed by atoms with Crippen molar-refractivity contribution in [1.82, 2.24) is 9.21 Å². The van der Waals surface area contributed by atoms with Gasteiger partial charge in [0.05, 0.1) is 5.75 Å². The van der Waals surface area contributed by atoms with Crippen LogP contribution in [0.15, 0.2) is 0 Å². The van der Waals surface area contributed by atoms with Crippen molar-refractivity contribution >= 4 is 10.0 Å². The van der Waals surface area contributed by atoms with Crippen LogP contribution in [0.2, 0.25) is 0 Å². The summed E-state index contributed by atoms with van der Waals surface area (Å²) in [5, 5.41) is 0. The van der Waals surface area contributed by atoms with Crippen molar-refractivity contribution in [2.24, 2.45) is 11.1 Å². The Hall–Kier alpha value is -0.170. The number of nitrogens with zero attached hydrogens (tertiary/aromatic N) is 2. The van der Waals surface area contributed by atoms with Gasteiger partial charge in [-0.1, -0.05) is 20.8 Å². The molecule has 1 fully saturated rings. The molecule has 0 aliphatic carbocycles. The molecular weight excluding hydrogens is 250 g/mol. The molecule has 1 saturated heterocycles. The topological polar surface area (TPSA) is 66.6 Å². The lowest BCUT2D eigenvalue weighted by Gasteiger charge is -2.34. The van der Waals surface area contributed by atoms with Gasteiger partial charge in [-0.2, -0.15) is 4.31 Å². The number of hydrogen-bond donors (Lipinski definition) is 1. The summed E-state index contributed by atoms with van der Waals surface area (Å²) in [6, 6.07) is 0. The molecule has 0 atom stereocenters. The van der Waals surface area contributed by atoms with Crippen LogP contribution in [0.1, 0.15) is 27.2 Å². The van der Waals surface area contributed by atoms with Crippen LogP contribution < -0.4 is 5.73 Å². The van der Waals surface area contributed by atoms with Gasteiger partial charge in [-0.15, -0.1) is 0 Å². The highest BCUT2D eigenvalue weighted by Crippen LogP contribution is 2.20. The molecule has 6 heteroatoms. The first-order valence-electron chi connectivity index (χ1n) is 6.65. The molecule has 18 heavy (non-hydrogen) atoms. The Kier molecular flexibility index (Phi) is 5.58. The quantitative estimate of drug-likeness (QED) is 0.786. The van der Waals surface area contributed by atoms with Gasteiger partial charge < -0.3 is 5.73 Å². The zero-order valence-electron chi connectivity index (χ0n) is 11.9. The van der Waals surface area contributed by atoms with Gasteiger partial charge >= 0.3 is 0 Å². The van der Waals surface area contributed by atoms with Gasteiger partial charge in [-0.05, 0) is 11.8 Å². The van der Waals surface area contributed by atoms with E-state index in [1.165, 1.54) is 0 Å². The molecule has 1 rings (SSSR count). The van der Waals surface area contributed by atoms with E-state index >= 15 is 0 Å². The fourth-order valence-electron chi connectivity index (χ4n) is 1.98. The predicted molar refractivity (Wildman–Crippen MR) is 74.9 cm³/mol. The highest BCUT2D eigenvalue weighted by Gasteiger charge is 2.27. The molecule has 0 aromatic carbocycles. The van der Waals surface area contributed by atoms with Crippen molar-refractivity contribution in [1.29, 1.82) is 0 Å². The maximum absolute atomic E-state index is 12.2. The number of hydrogen-bond acceptors (Lipinski definition) is 4. The first-order chi connectivity index (χ1) is 8.24. The first-order valence-corrected chi connectivity index (χ1v) is 8.26. The molecule has 0 amide bonds. The van der Waals surface area contributed by atoms with Crippen LogP contribution in [0, 0.1) is 5.41 Å². The van der Waals surface area contributed by atoms with Gasteiger partial charge in [0.2, 0.25) is 10.0 Å². The molecule has 0 bridgehead atoms. The lowest BCUT2D eigenvalue weighted by molar-refractivity contribution is 0.192. The summed E-state index contributed by atoms with van der Waals surface area (Å²) in [6.45, 7) is 10.5. The molecule has 0 radical (unpaired) electrons. The van der Waals surface area contributed by atoms with Gasteiger partial charge in [0.1, 0.15) is 0 Å². The summed E-state index contributed by atoms with van der Waals surface area (Å²) in [5.41, 5.74) is 5.57. The van der Waals surface area contributed by atoms with Gasteiger partial charge in [-0.3, -0.25) is 4.90 Å². The maximum Gasteiger partial charge on any atom is 0.214 e. The average Bonchev–Trinajstić information content (AvgIpc) is 2.27. The number of rotatable bonds is 5. The van der Waals surface area contributed by atoms with Crippen LogP contribution >= 0.6 is 0 Å². The molecule has 0 unspecified atom stereocenters. The van der Waals surface area contributed by atoms with Gasteiger partial charge in [0.15, 0.2) is 0 Å². The van der Waals surface area contributed by atoms with Gasteiger partial charge in [0.25, 0.3) is 0 Å². The van der Waals surface area contributed by atoms with Crippen LogP contribution in [0.25, 0.3) is 0 Å². The van der Waals surface area contributed by atoms with E-state index in [2.05, 4.69) is 25.7 Å². The Labute approximate surface area is 111 Å². The van der Waals surface area contributed by atoms with E-state index in [1.807, 2.05) is 0 Å². The molecule has 2 N–H and O–H groups in total. The normalized spacial score (nSPS) is 20.2. The largest absolute Gasteiger partial charge is 0.329 e. The number of piperazine rings is 1. The van der Waals surface area contributed by atoms with Crippen molar-refractivity contribution in [2.45, 2.75) is 27.2 Å². The standard InChI is InChI=1S/C12H27N3O2S/c1-12(2,3)4-11-18(16,17)15-9-7-14(6-5-13)8-10-15/h4-11,13H2,1-3H3. The van der Waals surface area contributed by atoms with Gasteiger partial charge in [-0.25, -0.2) is 8.42 Å². The Morgan fingerprint density at radius 2 is 1.67 bits per heavy atom. The number of sulfonamides is 1. The Bertz CT molecular complexity index is 341. The van der Waals surface area contributed by atoms with E-state index in [9.17, 15) is 8.42 Å². The second-order valence-electron chi connectivity index (χ2n) is 6.16. The van der Waals surface area contributed by atoms with Crippen LogP contribution in [-0.4, -0.2) is 62.6 Å². The third-order valence-corrected chi connectivity index (χ3v) is 5.15. The molecular formula is C12H27N3O2S. The SMILES string of the molecule is CC(C)(C)CCS(=O)(=O)N1CCN(CCN)CC1. The van der Waals surface area contributed by atoms with Gasteiger partial charge in [0, 0.05) is 39.3 Å². The Balaban J connectivity index is 2.45. The maximum atomic E-state index is 12.2. The van der Waals surface area contributed by atoms with Crippen molar-refractivity contribution in [3.63, 3.8) is 0 Å². The Morgan fingerprint density at radius 1 is 1.11 bits per heavy atom. The van der Waals surface area contributed by atoms with Crippen molar-refractivity contribution in [3.8, 4) is 0 Å². The summed E-state index contributed by atoms with van der Waals surface area (Å²) in [5.74, 6) is 0.257. The lowest BCUT2D eigenvalue weighted by Crippen LogP contribution is -2.50. The fourth-order valence-corrected chi connectivity index (χ4v) is 3.83. The third-order valence-electron chi connectivity index (χ3n) is 3.28. The minimum Gasteiger partial charge on any atom is -0.329 e. The molecule has 1 heterocycles. The predicted octanol–water partition coefficient (Wildman–Crippen LogP) is 0.329. The average molecular weight is 277 g/mol. The smallest absolute Gasteiger partial charge is 0.214 e. The van der Waals surface area contributed by atoms with Crippen molar-refractivity contribution in [3.05, 3.63) is 0 Å². The second kappa shape index (κ2) is 6.32. The fraction of sp³-hybridized carbons (Fsp3) is 1.00. The lowest BCUT2D eigenvalue weighted by atomic mass is 9.94. The molecule has 0 spiro atoms. The van der Waals surface area contributed by atoms with E-state index in [-0.39, 0.29) is 11.2 Å². The molecule has 1 aliphatic heterocycles. The van der Waals surface area contributed by atoms with Crippen molar-refractivity contribution in [2.75, 3.05) is 45.0 Å². The van der Waals surface area contributed by atoms with E-state index in [4.69, 9.17) is 5.73 Å². The van der Waals surface area contributed by atoms with E-state index < -0.39 is 10.0 Å². The van der Waals surface area contributed by atoms with Crippen LogP contribution in [-0.2, 0) is 10.0 Å². The number of nitrogens with two attached hydrogens (primary N) is 1. The summed E-state index contributed by atoms with van der Waals surface area (Å²) in [6.07, 6.45) is 0.707. The second-order valence-corrected chi connectivity index (χ2v) is 8.24. The minimum absolute atomic E-state index is 0.0639. The molecule has 108 valence electrons. The summed E-state index contributed by atoms with van der Waals surface area (Å²) in [4.78, 5) is 2.22. The Morgan fingerprint density at radius 3 is 2.11 bits per heavy atom. The third kappa shape index (κ3) is 5.22. The van der Waals surface area contributed by atoms with E-state index in [0.29, 0.717) is 26.1 Å². The zero-order chi connectivity index (χ0) is 13.8. The van der Waals surface area contributed by atoms with Crippen LogP contribution in [0.3, 0.4) is 0 Å². The van der Waals surface area contributed by atoms with Crippen LogP contribution in [0.4, 0.5) is 0 Å². The highest BCUT2D eigenvalue weighted by molar-refractivity contribution is 7.89. The summed E-state index contributed by atoms with van der Waals surface area (Å²) >= 11 is 0. The van der Waals surface area contributed by atoms with E-state index in [1.54, 1.807) is 4.31 Å². The molecule has 1 aliphatic rings. The van der Waals surface area contributed by atoms with Crippen molar-refractivity contribution < 1.29 is 8.42 Å². The molecule has 0 aromatic rings. The molecule has 0 saturated carbocycles. The summed E-state index contributed by atoms with van der Waals surface area (Å²) in [7, 11) is -3.08. The monoisotopic (exact) mass is 277 g/mol. The first kappa shape index (κ1) is 15.9. The minimum atomic E-state index is -3.08. The highest BCUT2D eigenvalue weighted by atomic mass is 32.2. The van der Waals surface area contributed by atoms with E-state index in [0.717, 1.165) is 19.6 Å². The van der Waals surface area contributed by atoms with Crippen LogP contribution in [0.5, 0.6) is 0 Å². The molecule has 0 aromatic heterocycles.